The van der Waals surface area contributed by atoms with Gasteiger partial charge in [0.25, 0.3) is 0 Å². The van der Waals surface area contributed by atoms with Crippen molar-refractivity contribution in [2.24, 2.45) is 0 Å². The van der Waals surface area contributed by atoms with Crippen molar-refractivity contribution >= 4 is 40.2 Å². The zero-order chi connectivity index (χ0) is 27.3. The molecule has 1 fully saturated rings. The second-order valence-electron chi connectivity index (χ2n) is 8.71. The molecule has 204 valence electrons. The maximum absolute atomic E-state index is 13.7. The van der Waals surface area contributed by atoms with E-state index < -0.39 is 11.7 Å². The molecule has 12 heteroatoms. The van der Waals surface area contributed by atoms with Gasteiger partial charge in [0.2, 0.25) is 5.43 Å². The highest BCUT2D eigenvalue weighted by Crippen LogP contribution is 2.33. The minimum atomic E-state index is -4.47. The van der Waals surface area contributed by atoms with Crippen LogP contribution >= 0.6 is 11.6 Å². The van der Waals surface area contributed by atoms with Gasteiger partial charge in [-0.1, -0.05) is 18.5 Å². The quantitative estimate of drug-likeness (QED) is 0.378. The van der Waals surface area contributed by atoms with Crippen molar-refractivity contribution in [3.63, 3.8) is 0 Å². The van der Waals surface area contributed by atoms with E-state index in [1.165, 1.54) is 12.3 Å². The Morgan fingerprint density at radius 2 is 2.00 bits per heavy atom. The third-order valence-corrected chi connectivity index (χ3v) is 6.59. The number of piperazine rings is 1. The largest absolute Gasteiger partial charge is 0.501 e. The van der Waals surface area contributed by atoms with Crippen LogP contribution in [0, 0.1) is 0 Å². The van der Waals surface area contributed by atoms with Gasteiger partial charge in [-0.25, -0.2) is 9.97 Å². The first-order chi connectivity index (χ1) is 18.2. The van der Waals surface area contributed by atoms with Crippen LogP contribution < -0.4 is 21.0 Å². The molecule has 1 aliphatic heterocycles. The van der Waals surface area contributed by atoms with Crippen molar-refractivity contribution in [1.82, 2.24) is 19.9 Å². The highest BCUT2D eigenvalue weighted by Gasteiger charge is 2.31. The molecular formula is C26H30ClF3N6O2. The standard InChI is InChI=1S/C26H30ClF3N6O2/c1-3-21-23(35-11-8-31-9-12-35)24(37)22-25(33-16-18(34-22)7-14-38-4-2)36(21)13-10-32-20-6-5-17(15-19(20)27)26(28,29)30/h5-7,14-16,31-32H,3-4,8-13H2,1-2H3/b14-7+. The van der Waals surface area contributed by atoms with E-state index in [1.54, 1.807) is 12.3 Å². The van der Waals surface area contributed by atoms with Crippen LogP contribution in [-0.2, 0) is 23.9 Å². The summed E-state index contributed by atoms with van der Waals surface area (Å²) in [5.74, 6) is 0. The lowest BCUT2D eigenvalue weighted by Crippen LogP contribution is -2.46. The number of pyridine rings is 1. The van der Waals surface area contributed by atoms with E-state index in [0.717, 1.165) is 30.9 Å². The molecule has 1 saturated heterocycles. The van der Waals surface area contributed by atoms with Gasteiger partial charge in [-0.15, -0.1) is 0 Å². The van der Waals surface area contributed by atoms with E-state index in [4.69, 9.17) is 16.3 Å². The Kier molecular flexibility index (Phi) is 8.78. The highest BCUT2D eigenvalue weighted by molar-refractivity contribution is 6.33. The zero-order valence-corrected chi connectivity index (χ0v) is 22.0. The van der Waals surface area contributed by atoms with Crippen LogP contribution in [0.2, 0.25) is 5.02 Å². The van der Waals surface area contributed by atoms with Crippen molar-refractivity contribution in [3.05, 3.63) is 62.9 Å². The van der Waals surface area contributed by atoms with Crippen LogP contribution in [0.4, 0.5) is 24.5 Å². The Labute approximate surface area is 223 Å². The second kappa shape index (κ2) is 12.0. The fraction of sp³-hybridized carbons (Fsp3) is 0.423. The molecule has 0 aliphatic carbocycles. The van der Waals surface area contributed by atoms with Gasteiger partial charge in [0.15, 0.2) is 11.2 Å². The van der Waals surface area contributed by atoms with Gasteiger partial charge in [0.1, 0.15) is 5.69 Å². The SMILES string of the molecule is CCO/C=C/c1cnc2c(n1)c(=O)c(N1CCNCC1)c(CC)n2CCNc1ccc(C(F)(F)F)cc1Cl. The summed E-state index contributed by atoms with van der Waals surface area (Å²) in [7, 11) is 0. The van der Waals surface area contributed by atoms with E-state index >= 15 is 0 Å². The Bertz CT molecular complexity index is 1370. The monoisotopic (exact) mass is 550 g/mol. The van der Waals surface area contributed by atoms with Crippen molar-refractivity contribution < 1.29 is 17.9 Å². The smallest absolute Gasteiger partial charge is 0.416 e. The molecular weight excluding hydrogens is 521 g/mol. The summed E-state index contributed by atoms with van der Waals surface area (Å²) in [6, 6.07) is 3.21. The van der Waals surface area contributed by atoms with Crippen LogP contribution in [0.15, 0.2) is 35.5 Å². The Balaban J connectivity index is 1.72. The predicted octanol–water partition coefficient (Wildman–Crippen LogP) is 4.56. The lowest BCUT2D eigenvalue weighted by Gasteiger charge is -2.32. The van der Waals surface area contributed by atoms with Gasteiger partial charge in [0.05, 0.1) is 41.0 Å². The van der Waals surface area contributed by atoms with Crippen LogP contribution in [0.25, 0.3) is 17.2 Å². The molecule has 3 aromatic rings. The molecule has 0 saturated carbocycles. The van der Waals surface area contributed by atoms with E-state index in [9.17, 15) is 18.0 Å². The molecule has 0 unspecified atom stereocenters. The summed E-state index contributed by atoms with van der Waals surface area (Å²) in [5, 5.41) is 6.40. The number of ether oxygens (including phenoxy) is 1. The van der Waals surface area contributed by atoms with Gasteiger partial charge < -0.3 is 24.8 Å². The topological polar surface area (TPSA) is 84.3 Å². The van der Waals surface area contributed by atoms with Crippen LogP contribution in [0.1, 0.15) is 30.8 Å². The number of nitrogens with zero attached hydrogens (tertiary/aromatic N) is 4. The molecule has 2 aromatic heterocycles. The van der Waals surface area contributed by atoms with Crippen molar-refractivity contribution in [2.75, 3.05) is 49.5 Å². The highest BCUT2D eigenvalue weighted by atomic mass is 35.5. The fourth-order valence-corrected chi connectivity index (χ4v) is 4.74. The summed E-state index contributed by atoms with van der Waals surface area (Å²) in [6.45, 7) is 7.98. The summed E-state index contributed by atoms with van der Waals surface area (Å²) in [5.41, 5.74) is 2.04. The lowest BCUT2D eigenvalue weighted by atomic mass is 10.1. The number of nitrogens with one attached hydrogen (secondary N) is 2. The minimum absolute atomic E-state index is 0.0210. The van der Waals surface area contributed by atoms with Gasteiger partial charge in [0, 0.05) is 45.0 Å². The zero-order valence-electron chi connectivity index (χ0n) is 21.2. The predicted molar refractivity (Wildman–Crippen MR) is 144 cm³/mol. The third kappa shape index (κ3) is 6.05. The minimum Gasteiger partial charge on any atom is -0.501 e. The van der Waals surface area contributed by atoms with Crippen molar-refractivity contribution in [2.45, 2.75) is 33.0 Å². The molecule has 0 atom stereocenters. The summed E-state index contributed by atoms with van der Waals surface area (Å²) >= 11 is 6.13. The molecule has 0 amide bonds. The molecule has 1 aromatic carbocycles. The molecule has 3 heterocycles. The molecule has 2 N–H and O–H groups in total. The number of rotatable bonds is 9. The number of aromatic nitrogens is 3. The van der Waals surface area contributed by atoms with Gasteiger partial charge >= 0.3 is 6.18 Å². The average Bonchev–Trinajstić information content (AvgIpc) is 2.90. The van der Waals surface area contributed by atoms with Gasteiger partial charge in [-0.05, 0) is 37.6 Å². The van der Waals surface area contributed by atoms with Crippen molar-refractivity contribution in [3.8, 4) is 0 Å². The number of hydrogen-bond donors (Lipinski definition) is 2. The summed E-state index contributed by atoms with van der Waals surface area (Å²) < 4.78 is 46.2. The number of alkyl halides is 3. The number of benzene rings is 1. The van der Waals surface area contributed by atoms with Gasteiger partial charge in [-0.2, -0.15) is 13.2 Å². The Morgan fingerprint density at radius 1 is 1.24 bits per heavy atom. The van der Waals surface area contributed by atoms with Gasteiger partial charge in [-0.3, -0.25) is 4.79 Å². The normalized spacial score (nSPS) is 14.4. The Morgan fingerprint density at radius 3 is 2.66 bits per heavy atom. The van der Waals surface area contributed by atoms with E-state index in [2.05, 4.69) is 25.5 Å². The number of fused-ring (bicyclic) bond motifs is 1. The molecule has 4 rings (SSSR count). The molecule has 0 bridgehead atoms. The molecule has 0 radical (unpaired) electrons. The number of halogens is 4. The lowest BCUT2D eigenvalue weighted by molar-refractivity contribution is -0.137. The van der Waals surface area contributed by atoms with Crippen LogP contribution in [0.5, 0.6) is 0 Å². The van der Waals surface area contributed by atoms with Crippen LogP contribution in [-0.4, -0.2) is 53.9 Å². The number of anilines is 2. The maximum Gasteiger partial charge on any atom is 0.416 e. The first kappa shape index (κ1) is 27.7. The van der Waals surface area contributed by atoms with E-state index in [0.29, 0.717) is 61.9 Å². The molecule has 38 heavy (non-hydrogen) atoms. The van der Waals surface area contributed by atoms with Crippen LogP contribution in [0.3, 0.4) is 0 Å². The summed E-state index contributed by atoms with van der Waals surface area (Å²) in [6.07, 6.45) is 0.871. The molecule has 0 spiro atoms. The first-order valence-corrected chi connectivity index (χ1v) is 12.9. The van der Waals surface area contributed by atoms with E-state index in [1.807, 2.05) is 18.4 Å². The van der Waals surface area contributed by atoms with E-state index in [-0.39, 0.29) is 16.0 Å². The summed E-state index contributed by atoms with van der Waals surface area (Å²) in [4.78, 5) is 25.0. The fourth-order valence-electron chi connectivity index (χ4n) is 4.49. The third-order valence-electron chi connectivity index (χ3n) is 6.27. The molecule has 8 nitrogen and oxygen atoms in total. The molecule has 1 aliphatic rings. The second-order valence-corrected chi connectivity index (χ2v) is 9.12. The van der Waals surface area contributed by atoms with Crippen molar-refractivity contribution in [1.29, 1.82) is 0 Å². The Hall–Kier alpha value is -3.31. The number of hydrogen-bond acceptors (Lipinski definition) is 7. The maximum atomic E-state index is 13.7. The average molecular weight is 551 g/mol. The first-order valence-electron chi connectivity index (χ1n) is 12.5.